The van der Waals surface area contributed by atoms with Crippen molar-refractivity contribution in [3.05, 3.63) is 18.0 Å². The van der Waals surface area contributed by atoms with Crippen LogP contribution >= 0.6 is 0 Å². The summed E-state index contributed by atoms with van der Waals surface area (Å²) in [5.41, 5.74) is 1.07. The number of Topliss-reactive ketones (excluding diaryl/α,β-unsaturated/α-hetero) is 1. The zero-order valence-electron chi connectivity index (χ0n) is 11.6. The maximum atomic E-state index is 11.6. The van der Waals surface area contributed by atoms with E-state index < -0.39 is 0 Å². The SMILES string of the molecule is CC(=O)C1CCCCN1Cc1ccn(C(C)C)n1. The normalized spacial score (nSPS) is 21.4. The molecule has 2 rings (SSSR count). The first-order valence-corrected chi connectivity index (χ1v) is 6.86. The Hall–Kier alpha value is -1.16. The Labute approximate surface area is 109 Å². The molecule has 0 amide bonds. The van der Waals surface area contributed by atoms with Gasteiger partial charge in [-0.2, -0.15) is 5.10 Å². The van der Waals surface area contributed by atoms with Crippen LogP contribution in [0.15, 0.2) is 12.3 Å². The largest absolute Gasteiger partial charge is 0.298 e. The van der Waals surface area contributed by atoms with E-state index in [0.717, 1.165) is 25.2 Å². The van der Waals surface area contributed by atoms with E-state index in [0.29, 0.717) is 6.04 Å². The summed E-state index contributed by atoms with van der Waals surface area (Å²) in [4.78, 5) is 13.9. The van der Waals surface area contributed by atoms with Crippen molar-refractivity contribution in [1.29, 1.82) is 0 Å². The van der Waals surface area contributed by atoms with Crippen LogP contribution < -0.4 is 0 Å². The van der Waals surface area contributed by atoms with Crippen molar-refractivity contribution >= 4 is 5.78 Å². The molecule has 0 aromatic carbocycles. The summed E-state index contributed by atoms with van der Waals surface area (Å²) in [6.45, 7) is 7.75. The third kappa shape index (κ3) is 2.99. The van der Waals surface area contributed by atoms with Crippen LogP contribution in [0.1, 0.15) is 51.8 Å². The van der Waals surface area contributed by atoms with Gasteiger partial charge in [0.05, 0.1) is 11.7 Å². The highest BCUT2D eigenvalue weighted by molar-refractivity contribution is 5.81. The topological polar surface area (TPSA) is 38.1 Å². The molecule has 4 heteroatoms. The second-order valence-corrected chi connectivity index (χ2v) is 5.47. The Bertz CT molecular complexity index is 411. The lowest BCUT2D eigenvalue weighted by Crippen LogP contribution is -2.43. The number of nitrogens with zero attached hydrogens (tertiary/aromatic N) is 3. The lowest BCUT2D eigenvalue weighted by molar-refractivity contribution is -0.123. The van der Waals surface area contributed by atoms with E-state index in [1.165, 1.54) is 12.8 Å². The number of ketones is 1. The number of hydrogen-bond acceptors (Lipinski definition) is 3. The average Bonchev–Trinajstić information content (AvgIpc) is 2.78. The van der Waals surface area contributed by atoms with Gasteiger partial charge in [-0.25, -0.2) is 0 Å². The van der Waals surface area contributed by atoms with Crippen LogP contribution in [-0.2, 0) is 11.3 Å². The smallest absolute Gasteiger partial charge is 0.146 e. The highest BCUT2D eigenvalue weighted by atomic mass is 16.1. The third-order valence-corrected chi connectivity index (χ3v) is 3.64. The van der Waals surface area contributed by atoms with E-state index in [9.17, 15) is 4.79 Å². The van der Waals surface area contributed by atoms with Crippen molar-refractivity contribution in [2.24, 2.45) is 0 Å². The Morgan fingerprint density at radius 2 is 2.28 bits per heavy atom. The summed E-state index contributed by atoms with van der Waals surface area (Å²) in [7, 11) is 0. The lowest BCUT2D eigenvalue weighted by Gasteiger charge is -2.33. The van der Waals surface area contributed by atoms with E-state index in [-0.39, 0.29) is 11.8 Å². The first-order valence-electron chi connectivity index (χ1n) is 6.86. The molecular weight excluding hydrogens is 226 g/mol. The summed E-state index contributed by atoms with van der Waals surface area (Å²) >= 11 is 0. The van der Waals surface area contributed by atoms with Crippen molar-refractivity contribution in [2.45, 2.75) is 58.7 Å². The van der Waals surface area contributed by atoms with Gasteiger partial charge >= 0.3 is 0 Å². The van der Waals surface area contributed by atoms with Gasteiger partial charge in [0.1, 0.15) is 5.78 Å². The van der Waals surface area contributed by atoms with Crippen molar-refractivity contribution in [1.82, 2.24) is 14.7 Å². The van der Waals surface area contributed by atoms with Crippen LogP contribution in [0.5, 0.6) is 0 Å². The quantitative estimate of drug-likeness (QED) is 0.822. The molecule has 0 radical (unpaired) electrons. The van der Waals surface area contributed by atoms with Crippen LogP contribution in [0.2, 0.25) is 0 Å². The van der Waals surface area contributed by atoms with Crippen LogP contribution in [0.25, 0.3) is 0 Å². The molecule has 0 N–H and O–H groups in total. The molecule has 0 aliphatic carbocycles. The number of hydrogen-bond donors (Lipinski definition) is 0. The van der Waals surface area contributed by atoms with E-state index in [1.54, 1.807) is 6.92 Å². The summed E-state index contributed by atoms with van der Waals surface area (Å²) < 4.78 is 1.97. The van der Waals surface area contributed by atoms with Gasteiger partial charge in [-0.05, 0) is 46.2 Å². The standard InChI is InChI=1S/C14H23N3O/c1-11(2)17-9-7-13(15-17)10-16-8-5-4-6-14(16)12(3)18/h7,9,11,14H,4-6,8,10H2,1-3H3. The molecule has 1 unspecified atom stereocenters. The molecule has 1 saturated heterocycles. The van der Waals surface area contributed by atoms with Crippen LogP contribution in [-0.4, -0.2) is 33.1 Å². The summed E-state index contributed by atoms with van der Waals surface area (Å²) in [5, 5.41) is 4.56. The van der Waals surface area contributed by atoms with Crippen LogP contribution in [0.3, 0.4) is 0 Å². The number of carbonyl (C=O) groups excluding carboxylic acids is 1. The van der Waals surface area contributed by atoms with Crippen molar-refractivity contribution in [3.63, 3.8) is 0 Å². The third-order valence-electron chi connectivity index (χ3n) is 3.64. The van der Waals surface area contributed by atoms with Gasteiger partial charge in [0.25, 0.3) is 0 Å². The first kappa shape index (κ1) is 13.3. The maximum absolute atomic E-state index is 11.6. The second kappa shape index (κ2) is 5.65. The molecular formula is C14H23N3O. The molecule has 1 fully saturated rings. The highest BCUT2D eigenvalue weighted by Crippen LogP contribution is 2.20. The number of aromatic nitrogens is 2. The maximum Gasteiger partial charge on any atom is 0.146 e. The molecule has 1 aliphatic rings. The fraction of sp³-hybridized carbons (Fsp3) is 0.714. The molecule has 18 heavy (non-hydrogen) atoms. The highest BCUT2D eigenvalue weighted by Gasteiger charge is 2.26. The number of likely N-dealkylation sites (tertiary alicyclic amines) is 1. The van der Waals surface area contributed by atoms with Gasteiger partial charge in [-0.1, -0.05) is 6.42 Å². The number of piperidine rings is 1. The molecule has 1 aromatic heterocycles. The molecule has 1 aliphatic heterocycles. The van der Waals surface area contributed by atoms with E-state index in [2.05, 4.69) is 29.9 Å². The minimum absolute atomic E-state index is 0.1000. The fourth-order valence-electron chi connectivity index (χ4n) is 2.60. The monoisotopic (exact) mass is 249 g/mol. The Morgan fingerprint density at radius 3 is 2.89 bits per heavy atom. The van der Waals surface area contributed by atoms with E-state index in [4.69, 9.17) is 0 Å². The van der Waals surface area contributed by atoms with Gasteiger partial charge in [-0.3, -0.25) is 14.4 Å². The fourth-order valence-corrected chi connectivity index (χ4v) is 2.60. The lowest BCUT2D eigenvalue weighted by atomic mass is 9.99. The number of rotatable bonds is 4. The number of carbonyl (C=O) groups is 1. The zero-order valence-corrected chi connectivity index (χ0v) is 11.6. The molecule has 0 spiro atoms. The Kier molecular flexibility index (Phi) is 4.17. The van der Waals surface area contributed by atoms with Crippen molar-refractivity contribution in [3.8, 4) is 0 Å². The van der Waals surface area contributed by atoms with Crippen molar-refractivity contribution < 1.29 is 4.79 Å². The molecule has 4 nitrogen and oxygen atoms in total. The minimum Gasteiger partial charge on any atom is -0.298 e. The minimum atomic E-state index is 0.1000. The zero-order chi connectivity index (χ0) is 13.1. The summed E-state index contributed by atoms with van der Waals surface area (Å²) in [6, 6.07) is 2.55. The van der Waals surface area contributed by atoms with Crippen LogP contribution in [0, 0.1) is 0 Å². The van der Waals surface area contributed by atoms with E-state index in [1.807, 2.05) is 10.9 Å². The second-order valence-electron chi connectivity index (χ2n) is 5.47. The van der Waals surface area contributed by atoms with Gasteiger partial charge < -0.3 is 0 Å². The van der Waals surface area contributed by atoms with Crippen LogP contribution in [0.4, 0.5) is 0 Å². The Morgan fingerprint density at radius 1 is 1.50 bits per heavy atom. The molecule has 1 atom stereocenters. The summed E-state index contributed by atoms with van der Waals surface area (Å²) in [5.74, 6) is 0.290. The van der Waals surface area contributed by atoms with Crippen molar-refractivity contribution in [2.75, 3.05) is 6.54 Å². The Balaban J connectivity index is 2.03. The molecule has 0 saturated carbocycles. The van der Waals surface area contributed by atoms with Gasteiger partial charge in [0.15, 0.2) is 0 Å². The predicted octanol–water partition coefficient (Wildman–Crippen LogP) is 2.41. The molecule has 2 heterocycles. The predicted molar refractivity (Wildman–Crippen MR) is 71.3 cm³/mol. The molecule has 0 bridgehead atoms. The van der Waals surface area contributed by atoms with Gasteiger partial charge in [0, 0.05) is 18.8 Å². The van der Waals surface area contributed by atoms with E-state index >= 15 is 0 Å². The van der Waals surface area contributed by atoms with Gasteiger partial charge in [-0.15, -0.1) is 0 Å². The first-order chi connectivity index (χ1) is 8.58. The molecule has 100 valence electrons. The van der Waals surface area contributed by atoms with Gasteiger partial charge in [0.2, 0.25) is 0 Å². The summed E-state index contributed by atoms with van der Waals surface area (Å²) in [6.07, 6.45) is 5.38. The molecule has 1 aromatic rings. The average molecular weight is 249 g/mol.